The number of thioether (sulfide) groups is 1. The lowest BCUT2D eigenvalue weighted by atomic mass is 9.82. The van der Waals surface area contributed by atoms with Gasteiger partial charge in [-0.25, -0.2) is 4.99 Å². The summed E-state index contributed by atoms with van der Waals surface area (Å²) in [6.45, 7) is 10.8. The van der Waals surface area contributed by atoms with Gasteiger partial charge in [-0.05, 0) is 71.2 Å². The van der Waals surface area contributed by atoms with Crippen molar-refractivity contribution in [1.82, 2.24) is 5.06 Å². The van der Waals surface area contributed by atoms with E-state index < -0.39 is 0 Å². The number of rotatable bonds is 5. The second kappa shape index (κ2) is 8.74. The largest absolute Gasteiger partial charge is 0.320 e. The molecule has 1 atom stereocenters. The second-order valence-electron chi connectivity index (χ2n) is 9.48. The average Bonchev–Trinajstić information content (AvgIpc) is 3.10. The number of anilines is 1. The highest BCUT2D eigenvalue weighted by Crippen LogP contribution is 2.39. The Labute approximate surface area is 185 Å². The van der Waals surface area contributed by atoms with Crippen molar-refractivity contribution in [2.75, 3.05) is 18.1 Å². The molecule has 2 heterocycles. The van der Waals surface area contributed by atoms with Crippen molar-refractivity contribution in [1.29, 1.82) is 0 Å². The Hall–Kier alpha value is -1.82. The molecule has 2 aliphatic rings. The molecule has 0 spiro atoms. The predicted octanol–water partition coefficient (Wildman–Crippen LogP) is 6.27. The fourth-order valence-corrected chi connectivity index (χ4v) is 5.74. The van der Waals surface area contributed by atoms with Gasteiger partial charge in [0.1, 0.15) is 0 Å². The molecule has 160 valence electrons. The molecule has 2 aromatic carbocycles. The first-order valence-electron chi connectivity index (χ1n) is 10.9. The zero-order valence-corrected chi connectivity index (χ0v) is 19.4. The predicted molar refractivity (Wildman–Crippen MR) is 129 cm³/mol. The lowest BCUT2D eigenvalue weighted by Crippen LogP contribution is -2.58. The van der Waals surface area contributed by atoms with Gasteiger partial charge in [-0.3, -0.25) is 4.84 Å². The fraction of sp³-hybridized carbons (Fsp3) is 0.480. The molecule has 30 heavy (non-hydrogen) atoms. The maximum atomic E-state index is 6.51. The molecule has 2 fully saturated rings. The van der Waals surface area contributed by atoms with Crippen LogP contribution in [0, 0.1) is 0 Å². The summed E-state index contributed by atoms with van der Waals surface area (Å²) >= 11 is 1.82. The molecule has 5 heteroatoms. The van der Waals surface area contributed by atoms with Crippen molar-refractivity contribution >= 4 is 28.3 Å². The molecule has 0 N–H and O–H groups in total. The summed E-state index contributed by atoms with van der Waals surface area (Å²) in [4.78, 5) is 13.8. The molecular weight excluding hydrogens is 390 g/mol. The molecule has 0 amide bonds. The van der Waals surface area contributed by atoms with Gasteiger partial charge in [0.2, 0.25) is 0 Å². The fourth-order valence-electron chi connectivity index (χ4n) is 4.63. The SMILES string of the molecule is CC1(C)CCCC(C)(C)N1OCC1CN(c2ccccc2)C(=Nc2ccccc2)S1. The number of para-hydroxylation sites is 2. The Morgan fingerprint density at radius 3 is 2.17 bits per heavy atom. The quantitative estimate of drug-likeness (QED) is 0.566. The Morgan fingerprint density at radius 2 is 1.53 bits per heavy atom. The molecule has 1 unspecified atom stereocenters. The van der Waals surface area contributed by atoms with E-state index >= 15 is 0 Å². The van der Waals surface area contributed by atoms with Crippen molar-refractivity contribution in [3.05, 3.63) is 60.7 Å². The van der Waals surface area contributed by atoms with Crippen molar-refractivity contribution < 1.29 is 4.84 Å². The van der Waals surface area contributed by atoms with Gasteiger partial charge in [-0.1, -0.05) is 48.2 Å². The number of aliphatic imine (C=N–C) groups is 1. The van der Waals surface area contributed by atoms with E-state index in [1.807, 2.05) is 30.0 Å². The van der Waals surface area contributed by atoms with E-state index in [1.54, 1.807) is 0 Å². The van der Waals surface area contributed by atoms with Crippen LogP contribution in [0.2, 0.25) is 0 Å². The van der Waals surface area contributed by atoms with E-state index in [9.17, 15) is 0 Å². The van der Waals surface area contributed by atoms with E-state index in [2.05, 4.69) is 80.1 Å². The van der Waals surface area contributed by atoms with Crippen LogP contribution in [0.1, 0.15) is 47.0 Å². The summed E-state index contributed by atoms with van der Waals surface area (Å²) in [5, 5.41) is 3.64. The zero-order chi connectivity index (χ0) is 21.2. The number of hydrogen-bond donors (Lipinski definition) is 0. The van der Waals surface area contributed by atoms with Gasteiger partial charge in [-0.15, -0.1) is 0 Å². The summed E-state index contributed by atoms with van der Waals surface area (Å²) in [6, 6.07) is 20.7. The second-order valence-corrected chi connectivity index (χ2v) is 10.8. The van der Waals surface area contributed by atoms with Crippen molar-refractivity contribution in [2.24, 2.45) is 4.99 Å². The monoisotopic (exact) mass is 423 g/mol. The molecule has 0 bridgehead atoms. The van der Waals surface area contributed by atoms with Crippen molar-refractivity contribution in [2.45, 2.75) is 63.3 Å². The number of piperidine rings is 1. The van der Waals surface area contributed by atoms with Crippen LogP contribution in [0.25, 0.3) is 0 Å². The van der Waals surface area contributed by atoms with Crippen molar-refractivity contribution in [3.8, 4) is 0 Å². The lowest BCUT2D eigenvalue weighted by Gasteiger charge is -2.51. The minimum Gasteiger partial charge on any atom is -0.320 e. The highest BCUT2D eigenvalue weighted by atomic mass is 32.2. The zero-order valence-electron chi connectivity index (χ0n) is 18.5. The third-order valence-corrected chi connectivity index (χ3v) is 7.15. The number of hydroxylamine groups is 2. The third kappa shape index (κ3) is 4.74. The van der Waals surface area contributed by atoms with Gasteiger partial charge in [0.05, 0.1) is 17.5 Å². The Kier molecular flexibility index (Phi) is 6.24. The average molecular weight is 424 g/mol. The molecule has 4 nitrogen and oxygen atoms in total. The summed E-state index contributed by atoms with van der Waals surface area (Å²) in [5.74, 6) is 0. The molecule has 0 aromatic heterocycles. The van der Waals surface area contributed by atoms with Gasteiger partial charge in [0, 0.05) is 23.3 Å². The molecule has 2 saturated heterocycles. The van der Waals surface area contributed by atoms with E-state index in [-0.39, 0.29) is 11.1 Å². The lowest BCUT2D eigenvalue weighted by molar-refractivity contribution is -0.279. The third-order valence-electron chi connectivity index (χ3n) is 6.00. The molecule has 0 saturated carbocycles. The van der Waals surface area contributed by atoms with E-state index in [0.717, 1.165) is 17.4 Å². The van der Waals surface area contributed by atoms with Gasteiger partial charge in [0.25, 0.3) is 0 Å². The number of hydrogen-bond acceptors (Lipinski definition) is 4. The minimum absolute atomic E-state index is 0.0606. The summed E-state index contributed by atoms with van der Waals surface area (Å²) in [7, 11) is 0. The highest BCUT2D eigenvalue weighted by Gasteiger charge is 2.43. The first-order valence-corrected chi connectivity index (χ1v) is 11.8. The first kappa shape index (κ1) is 21.4. The molecule has 0 aliphatic carbocycles. The van der Waals surface area contributed by atoms with Gasteiger partial charge in [-0.2, -0.15) is 5.06 Å². The van der Waals surface area contributed by atoms with Crippen LogP contribution in [0.15, 0.2) is 65.7 Å². The van der Waals surface area contributed by atoms with Gasteiger partial charge < -0.3 is 4.90 Å². The number of amidine groups is 1. The van der Waals surface area contributed by atoms with Crippen LogP contribution in [-0.4, -0.2) is 39.7 Å². The molecule has 2 aromatic rings. The van der Waals surface area contributed by atoms with Gasteiger partial charge in [0.15, 0.2) is 5.17 Å². The van der Waals surface area contributed by atoms with E-state index in [4.69, 9.17) is 9.83 Å². The Balaban J connectivity index is 1.52. The van der Waals surface area contributed by atoms with Crippen LogP contribution >= 0.6 is 11.8 Å². The van der Waals surface area contributed by atoms with E-state index in [1.165, 1.54) is 24.9 Å². The molecule has 2 aliphatic heterocycles. The molecule has 4 rings (SSSR count). The Bertz CT molecular complexity index is 850. The summed E-state index contributed by atoms with van der Waals surface area (Å²) in [6.07, 6.45) is 3.60. The standard InChI is InChI=1S/C25H33N3OS/c1-24(2)16-11-17-25(3,4)28(24)29-19-22-18-27(21-14-9-6-10-15-21)23(30-22)26-20-12-7-5-8-13-20/h5-10,12-15,22H,11,16-19H2,1-4H3. The summed E-state index contributed by atoms with van der Waals surface area (Å²) < 4.78 is 0. The van der Waals surface area contributed by atoms with E-state index in [0.29, 0.717) is 11.9 Å². The van der Waals surface area contributed by atoms with Gasteiger partial charge >= 0.3 is 0 Å². The minimum atomic E-state index is 0.0606. The number of benzene rings is 2. The summed E-state index contributed by atoms with van der Waals surface area (Å²) in [5.41, 5.74) is 2.29. The highest BCUT2D eigenvalue weighted by molar-refractivity contribution is 8.15. The van der Waals surface area contributed by atoms with Crippen LogP contribution in [0.5, 0.6) is 0 Å². The van der Waals surface area contributed by atoms with Crippen LogP contribution in [0.4, 0.5) is 11.4 Å². The topological polar surface area (TPSA) is 28.1 Å². The maximum absolute atomic E-state index is 6.51. The van der Waals surface area contributed by atoms with Crippen molar-refractivity contribution in [3.63, 3.8) is 0 Å². The van der Waals surface area contributed by atoms with Crippen LogP contribution < -0.4 is 4.90 Å². The Morgan fingerprint density at radius 1 is 0.933 bits per heavy atom. The normalized spacial score (nSPS) is 25.0. The number of nitrogens with zero attached hydrogens (tertiary/aromatic N) is 3. The van der Waals surface area contributed by atoms with Crippen LogP contribution in [0.3, 0.4) is 0 Å². The molecular formula is C25H33N3OS. The van der Waals surface area contributed by atoms with Crippen LogP contribution in [-0.2, 0) is 4.84 Å². The smallest absolute Gasteiger partial charge is 0.169 e. The molecule has 0 radical (unpaired) electrons. The first-order chi connectivity index (χ1) is 14.4. The maximum Gasteiger partial charge on any atom is 0.169 e.